The van der Waals surface area contributed by atoms with Crippen molar-refractivity contribution >= 4 is 23.1 Å². The zero-order chi connectivity index (χ0) is 17.6. The van der Waals surface area contributed by atoms with E-state index in [2.05, 4.69) is 15.3 Å². The SMILES string of the molecule is O=C(N[C@@H](Cc1c[nH]c2ncccc12)C(=O)O)OCc1ccccc1. The van der Waals surface area contributed by atoms with Gasteiger partial charge in [0.1, 0.15) is 18.3 Å². The Hall–Kier alpha value is -3.35. The Kier molecular flexibility index (Phi) is 4.94. The summed E-state index contributed by atoms with van der Waals surface area (Å²) in [5.74, 6) is -1.13. The van der Waals surface area contributed by atoms with Gasteiger partial charge in [-0.1, -0.05) is 30.3 Å². The summed E-state index contributed by atoms with van der Waals surface area (Å²) >= 11 is 0. The van der Waals surface area contributed by atoms with Gasteiger partial charge in [-0.25, -0.2) is 14.6 Å². The van der Waals surface area contributed by atoms with Crippen LogP contribution in [0, 0.1) is 0 Å². The summed E-state index contributed by atoms with van der Waals surface area (Å²) in [6, 6.07) is 11.7. The number of alkyl carbamates (subject to hydrolysis) is 1. The largest absolute Gasteiger partial charge is 0.480 e. The molecule has 0 fully saturated rings. The molecule has 0 aliphatic rings. The van der Waals surface area contributed by atoms with Crippen molar-refractivity contribution in [3.8, 4) is 0 Å². The third kappa shape index (κ3) is 4.14. The molecule has 0 bridgehead atoms. The van der Waals surface area contributed by atoms with Crippen LogP contribution in [0.1, 0.15) is 11.1 Å². The first-order valence-electron chi connectivity index (χ1n) is 7.74. The lowest BCUT2D eigenvalue weighted by molar-refractivity contribution is -0.139. The Bertz CT molecular complexity index is 876. The number of amides is 1. The van der Waals surface area contributed by atoms with Crippen LogP contribution >= 0.6 is 0 Å². The van der Waals surface area contributed by atoms with Crippen LogP contribution in [0.3, 0.4) is 0 Å². The van der Waals surface area contributed by atoms with E-state index in [1.165, 1.54) is 0 Å². The van der Waals surface area contributed by atoms with E-state index in [1.54, 1.807) is 18.5 Å². The molecule has 0 aliphatic carbocycles. The van der Waals surface area contributed by atoms with Gasteiger partial charge in [-0.3, -0.25) is 0 Å². The number of aromatic nitrogens is 2. The summed E-state index contributed by atoms with van der Waals surface area (Å²) in [6.07, 6.45) is 2.71. The molecule has 0 radical (unpaired) electrons. The molecule has 1 amide bonds. The number of hydrogen-bond acceptors (Lipinski definition) is 4. The van der Waals surface area contributed by atoms with E-state index in [-0.39, 0.29) is 13.0 Å². The van der Waals surface area contributed by atoms with Crippen molar-refractivity contribution in [3.05, 3.63) is 66.0 Å². The number of nitrogens with zero attached hydrogens (tertiary/aromatic N) is 1. The number of carbonyl (C=O) groups excluding carboxylic acids is 1. The molecule has 2 aromatic heterocycles. The first kappa shape index (κ1) is 16.5. The summed E-state index contributed by atoms with van der Waals surface area (Å²) in [4.78, 5) is 30.5. The molecule has 3 rings (SSSR count). The van der Waals surface area contributed by atoms with E-state index in [1.807, 2.05) is 36.4 Å². The summed E-state index contributed by atoms with van der Waals surface area (Å²) in [7, 11) is 0. The van der Waals surface area contributed by atoms with Gasteiger partial charge in [0.25, 0.3) is 0 Å². The zero-order valence-corrected chi connectivity index (χ0v) is 13.3. The summed E-state index contributed by atoms with van der Waals surface area (Å²) in [5.41, 5.74) is 2.26. The number of carbonyl (C=O) groups is 2. The van der Waals surface area contributed by atoms with Crippen LogP contribution in [0.25, 0.3) is 11.0 Å². The molecule has 0 unspecified atom stereocenters. The molecule has 3 N–H and O–H groups in total. The van der Waals surface area contributed by atoms with Crippen molar-refractivity contribution in [2.45, 2.75) is 19.1 Å². The van der Waals surface area contributed by atoms with Crippen LogP contribution < -0.4 is 5.32 Å². The van der Waals surface area contributed by atoms with Gasteiger partial charge in [-0.15, -0.1) is 0 Å². The van der Waals surface area contributed by atoms with Crippen molar-refractivity contribution in [2.24, 2.45) is 0 Å². The Morgan fingerprint density at radius 2 is 2.00 bits per heavy atom. The molecular weight excluding hydrogens is 322 g/mol. The Balaban J connectivity index is 1.63. The predicted octanol–water partition coefficient (Wildman–Crippen LogP) is 2.49. The van der Waals surface area contributed by atoms with Crippen molar-refractivity contribution < 1.29 is 19.4 Å². The minimum absolute atomic E-state index is 0.0794. The third-order valence-electron chi connectivity index (χ3n) is 3.76. The number of H-pyrrole nitrogens is 1. The number of hydrogen-bond donors (Lipinski definition) is 3. The number of benzene rings is 1. The number of aromatic amines is 1. The van der Waals surface area contributed by atoms with Crippen LogP contribution in [-0.2, 0) is 22.6 Å². The van der Waals surface area contributed by atoms with E-state index in [0.29, 0.717) is 5.65 Å². The lowest BCUT2D eigenvalue weighted by atomic mass is 10.1. The monoisotopic (exact) mass is 339 g/mol. The van der Waals surface area contributed by atoms with Gasteiger partial charge < -0.3 is 20.1 Å². The fourth-order valence-electron chi connectivity index (χ4n) is 2.51. The molecule has 0 spiro atoms. The molecule has 128 valence electrons. The molecule has 1 atom stereocenters. The minimum Gasteiger partial charge on any atom is -0.480 e. The summed E-state index contributed by atoms with van der Waals surface area (Å²) < 4.78 is 5.08. The molecule has 0 aliphatic heterocycles. The smallest absolute Gasteiger partial charge is 0.408 e. The fraction of sp³-hybridized carbons (Fsp3) is 0.167. The molecule has 0 saturated carbocycles. The van der Waals surface area contributed by atoms with Gasteiger partial charge in [0.2, 0.25) is 0 Å². The summed E-state index contributed by atoms with van der Waals surface area (Å²) in [6.45, 7) is 0.0794. The van der Waals surface area contributed by atoms with E-state index in [4.69, 9.17) is 4.74 Å². The molecule has 7 nitrogen and oxygen atoms in total. The Labute approximate surface area is 143 Å². The lowest BCUT2D eigenvalue weighted by Crippen LogP contribution is -2.42. The number of aliphatic carboxylic acids is 1. The average Bonchev–Trinajstić information content (AvgIpc) is 3.03. The minimum atomic E-state index is -1.13. The molecular formula is C18H17N3O4. The van der Waals surface area contributed by atoms with Crippen molar-refractivity contribution in [3.63, 3.8) is 0 Å². The van der Waals surface area contributed by atoms with Crippen LogP contribution in [-0.4, -0.2) is 33.2 Å². The van der Waals surface area contributed by atoms with Gasteiger partial charge in [0.05, 0.1) is 0 Å². The Morgan fingerprint density at radius 1 is 1.20 bits per heavy atom. The van der Waals surface area contributed by atoms with Crippen LogP contribution in [0.15, 0.2) is 54.9 Å². The van der Waals surface area contributed by atoms with E-state index >= 15 is 0 Å². The molecule has 7 heteroatoms. The van der Waals surface area contributed by atoms with E-state index in [9.17, 15) is 14.7 Å². The highest BCUT2D eigenvalue weighted by Crippen LogP contribution is 2.17. The molecule has 1 aromatic carbocycles. The van der Waals surface area contributed by atoms with Crippen molar-refractivity contribution in [1.29, 1.82) is 0 Å². The second kappa shape index (κ2) is 7.48. The number of carboxylic acids is 1. The number of pyridine rings is 1. The number of nitrogens with one attached hydrogen (secondary N) is 2. The standard InChI is InChI=1S/C18H17N3O4/c22-17(23)15(9-13-10-20-16-14(13)7-4-8-19-16)21-18(24)25-11-12-5-2-1-3-6-12/h1-8,10,15H,9,11H2,(H,19,20)(H,21,24)(H,22,23)/t15-/m0/s1. The average molecular weight is 339 g/mol. The highest BCUT2D eigenvalue weighted by atomic mass is 16.5. The summed E-state index contributed by atoms with van der Waals surface area (Å²) in [5, 5.41) is 12.6. The van der Waals surface area contributed by atoms with Gasteiger partial charge in [-0.2, -0.15) is 0 Å². The first-order chi connectivity index (χ1) is 12.1. The third-order valence-corrected chi connectivity index (χ3v) is 3.76. The normalized spacial score (nSPS) is 11.8. The number of carboxylic acid groups (broad SMARTS) is 1. The van der Waals surface area contributed by atoms with E-state index in [0.717, 1.165) is 16.5 Å². The molecule has 2 heterocycles. The number of rotatable bonds is 6. The first-order valence-corrected chi connectivity index (χ1v) is 7.74. The zero-order valence-electron chi connectivity index (χ0n) is 13.3. The van der Waals surface area contributed by atoms with Gasteiger partial charge in [0, 0.05) is 24.2 Å². The second-order valence-electron chi connectivity index (χ2n) is 5.51. The van der Waals surface area contributed by atoms with Crippen LogP contribution in [0.4, 0.5) is 4.79 Å². The van der Waals surface area contributed by atoms with E-state index < -0.39 is 18.1 Å². The molecule has 3 aromatic rings. The number of fused-ring (bicyclic) bond motifs is 1. The van der Waals surface area contributed by atoms with Gasteiger partial charge >= 0.3 is 12.1 Å². The number of ether oxygens (including phenoxy) is 1. The quantitative estimate of drug-likeness (QED) is 0.640. The fourth-order valence-corrected chi connectivity index (χ4v) is 2.51. The van der Waals surface area contributed by atoms with Crippen molar-refractivity contribution in [1.82, 2.24) is 15.3 Å². The highest BCUT2D eigenvalue weighted by Gasteiger charge is 2.22. The second-order valence-corrected chi connectivity index (χ2v) is 5.51. The van der Waals surface area contributed by atoms with Crippen LogP contribution in [0.2, 0.25) is 0 Å². The van der Waals surface area contributed by atoms with Crippen molar-refractivity contribution in [2.75, 3.05) is 0 Å². The topological polar surface area (TPSA) is 104 Å². The maximum absolute atomic E-state index is 11.9. The maximum Gasteiger partial charge on any atom is 0.408 e. The molecule has 25 heavy (non-hydrogen) atoms. The lowest BCUT2D eigenvalue weighted by Gasteiger charge is -2.14. The highest BCUT2D eigenvalue weighted by molar-refractivity contribution is 5.83. The van der Waals surface area contributed by atoms with Gasteiger partial charge in [-0.05, 0) is 23.3 Å². The Morgan fingerprint density at radius 3 is 2.76 bits per heavy atom. The molecule has 0 saturated heterocycles. The maximum atomic E-state index is 11.9. The van der Waals surface area contributed by atoms with Gasteiger partial charge in [0.15, 0.2) is 0 Å². The predicted molar refractivity (Wildman–Crippen MR) is 91.0 cm³/mol. The van der Waals surface area contributed by atoms with Crippen LogP contribution in [0.5, 0.6) is 0 Å².